The van der Waals surface area contributed by atoms with Crippen LogP contribution in [0.4, 0.5) is 15.8 Å². The van der Waals surface area contributed by atoms with E-state index in [1.807, 2.05) is 24.3 Å². The highest BCUT2D eigenvalue weighted by Gasteiger charge is 2.25. The Bertz CT molecular complexity index is 1180. The molecule has 1 aliphatic rings. The topological polar surface area (TPSA) is 66.5 Å². The van der Waals surface area contributed by atoms with Crippen LogP contribution in [0.1, 0.15) is 22.3 Å². The van der Waals surface area contributed by atoms with Crippen LogP contribution >= 0.6 is 0 Å². The lowest BCUT2D eigenvalue weighted by Crippen LogP contribution is -2.35. The summed E-state index contributed by atoms with van der Waals surface area (Å²) in [6.07, 6.45) is 1.75. The summed E-state index contributed by atoms with van der Waals surface area (Å²) >= 11 is 0. The van der Waals surface area contributed by atoms with Crippen molar-refractivity contribution < 1.29 is 17.6 Å². The van der Waals surface area contributed by atoms with Gasteiger partial charge in [-0.25, -0.2) is 12.8 Å². The number of nitrogens with zero attached hydrogens (tertiary/aromatic N) is 1. The first kappa shape index (κ1) is 19.1. The van der Waals surface area contributed by atoms with Gasteiger partial charge >= 0.3 is 0 Å². The molecule has 3 aromatic rings. The Morgan fingerprint density at radius 2 is 1.72 bits per heavy atom. The van der Waals surface area contributed by atoms with E-state index in [4.69, 9.17) is 0 Å². The van der Waals surface area contributed by atoms with Crippen LogP contribution < -0.4 is 9.62 Å². The number of hydrogen-bond acceptors (Lipinski definition) is 3. The molecule has 7 heteroatoms. The average Bonchev–Trinajstić information content (AvgIpc) is 2.74. The zero-order valence-electron chi connectivity index (χ0n) is 15.5. The summed E-state index contributed by atoms with van der Waals surface area (Å²) in [6, 6.07) is 19.0. The van der Waals surface area contributed by atoms with E-state index >= 15 is 0 Å². The van der Waals surface area contributed by atoms with Crippen molar-refractivity contribution in [3.05, 3.63) is 89.7 Å². The summed E-state index contributed by atoms with van der Waals surface area (Å²) in [5, 5.41) is 0. The molecule has 0 fully saturated rings. The summed E-state index contributed by atoms with van der Waals surface area (Å²) in [6.45, 7) is 0.570. The molecule has 0 aliphatic carbocycles. The van der Waals surface area contributed by atoms with E-state index in [1.165, 1.54) is 42.5 Å². The van der Waals surface area contributed by atoms with Crippen LogP contribution in [0.15, 0.2) is 77.7 Å². The summed E-state index contributed by atoms with van der Waals surface area (Å²) in [5.41, 5.74) is 2.06. The van der Waals surface area contributed by atoms with Crippen LogP contribution in [0.25, 0.3) is 0 Å². The van der Waals surface area contributed by atoms with E-state index < -0.39 is 15.8 Å². The van der Waals surface area contributed by atoms with Crippen molar-refractivity contribution in [3.63, 3.8) is 0 Å². The van der Waals surface area contributed by atoms with E-state index in [-0.39, 0.29) is 22.1 Å². The normalized spacial score (nSPS) is 13.6. The van der Waals surface area contributed by atoms with Crippen molar-refractivity contribution in [3.8, 4) is 0 Å². The van der Waals surface area contributed by atoms with Crippen molar-refractivity contribution in [2.24, 2.45) is 0 Å². The molecule has 0 saturated carbocycles. The van der Waals surface area contributed by atoms with Gasteiger partial charge in [0.05, 0.1) is 10.6 Å². The standard InChI is InChI=1S/C22H19FN2O3S/c23-19-11-2-3-12-20(19)24-29(27,28)18-10-5-8-17(15-18)22(26)25-14-6-9-16-7-1-4-13-21(16)25/h1-5,7-8,10-13,15,24H,6,9,14H2. The fourth-order valence-corrected chi connectivity index (χ4v) is 4.56. The van der Waals surface area contributed by atoms with Gasteiger partial charge in [0.25, 0.3) is 15.9 Å². The molecule has 0 bridgehead atoms. The number of benzene rings is 3. The molecule has 1 heterocycles. The van der Waals surface area contributed by atoms with E-state index in [2.05, 4.69) is 4.72 Å². The molecule has 1 N–H and O–H groups in total. The Morgan fingerprint density at radius 3 is 2.55 bits per heavy atom. The van der Waals surface area contributed by atoms with Gasteiger partial charge in [-0.15, -0.1) is 0 Å². The third-order valence-electron chi connectivity index (χ3n) is 4.86. The van der Waals surface area contributed by atoms with Crippen molar-refractivity contribution in [1.82, 2.24) is 0 Å². The second-order valence-corrected chi connectivity index (χ2v) is 8.48. The smallest absolute Gasteiger partial charge is 0.262 e. The predicted molar refractivity (Wildman–Crippen MR) is 110 cm³/mol. The molecule has 5 nitrogen and oxygen atoms in total. The maximum Gasteiger partial charge on any atom is 0.262 e. The number of amides is 1. The minimum Gasteiger partial charge on any atom is -0.308 e. The van der Waals surface area contributed by atoms with Crippen LogP contribution in [0.3, 0.4) is 0 Å². The monoisotopic (exact) mass is 410 g/mol. The molecule has 0 spiro atoms. The van der Waals surface area contributed by atoms with Crippen LogP contribution in [0.5, 0.6) is 0 Å². The summed E-state index contributed by atoms with van der Waals surface area (Å²) < 4.78 is 41.5. The molecule has 4 rings (SSSR count). The molecule has 0 unspecified atom stereocenters. The summed E-state index contributed by atoms with van der Waals surface area (Å²) in [7, 11) is -4.04. The number of hydrogen-bond donors (Lipinski definition) is 1. The van der Waals surface area contributed by atoms with Gasteiger partial charge in [0, 0.05) is 17.8 Å². The van der Waals surface area contributed by atoms with Crippen LogP contribution in [-0.4, -0.2) is 20.9 Å². The molecular formula is C22H19FN2O3S. The molecule has 148 valence electrons. The first-order valence-corrected chi connectivity index (χ1v) is 10.7. The number of anilines is 2. The molecule has 0 aromatic heterocycles. The summed E-state index contributed by atoms with van der Waals surface area (Å²) in [4.78, 5) is 14.7. The van der Waals surface area contributed by atoms with E-state index in [9.17, 15) is 17.6 Å². The average molecular weight is 410 g/mol. The third-order valence-corrected chi connectivity index (χ3v) is 6.23. The van der Waals surface area contributed by atoms with Gasteiger partial charge in [0.15, 0.2) is 0 Å². The zero-order chi connectivity index (χ0) is 20.4. The first-order chi connectivity index (χ1) is 14.0. The Labute approximate surface area is 168 Å². The largest absolute Gasteiger partial charge is 0.308 e. The van der Waals surface area contributed by atoms with Gasteiger partial charge in [-0.05, 0) is 54.8 Å². The predicted octanol–water partition coefficient (Wildman–Crippen LogP) is 4.22. The van der Waals surface area contributed by atoms with Crippen molar-refractivity contribution in [1.29, 1.82) is 0 Å². The zero-order valence-corrected chi connectivity index (χ0v) is 16.3. The van der Waals surface area contributed by atoms with Crippen LogP contribution in [0, 0.1) is 5.82 Å². The number of rotatable bonds is 4. The maximum atomic E-state index is 13.8. The minimum absolute atomic E-state index is 0.100. The number of sulfonamides is 1. The van der Waals surface area contributed by atoms with Crippen molar-refractivity contribution >= 4 is 27.3 Å². The Balaban J connectivity index is 1.64. The minimum atomic E-state index is -4.04. The Kier molecular flexibility index (Phi) is 5.07. The Hall–Kier alpha value is -3.19. The SMILES string of the molecule is O=C(c1cccc(S(=O)(=O)Nc2ccccc2F)c1)N1CCCc2ccccc21. The number of halogens is 1. The van der Waals surface area contributed by atoms with E-state index in [0.717, 1.165) is 24.1 Å². The molecule has 1 aliphatic heterocycles. The van der Waals surface area contributed by atoms with Gasteiger partial charge in [0.1, 0.15) is 5.82 Å². The number of aryl methyl sites for hydroxylation is 1. The van der Waals surface area contributed by atoms with Crippen molar-refractivity contribution in [2.75, 3.05) is 16.2 Å². The number of carbonyl (C=O) groups is 1. The highest BCUT2D eigenvalue weighted by atomic mass is 32.2. The summed E-state index contributed by atoms with van der Waals surface area (Å²) in [5.74, 6) is -0.937. The van der Waals surface area contributed by atoms with E-state index in [1.54, 1.807) is 11.0 Å². The van der Waals surface area contributed by atoms with E-state index in [0.29, 0.717) is 6.54 Å². The molecule has 0 radical (unpaired) electrons. The lowest BCUT2D eigenvalue weighted by molar-refractivity contribution is 0.0985. The van der Waals surface area contributed by atoms with Crippen LogP contribution in [-0.2, 0) is 16.4 Å². The molecule has 0 saturated heterocycles. The lowest BCUT2D eigenvalue weighted by atomic mass is 10.0. The lowest BCUT2D eigenvalue weighted by Gasteiger charge is -2.29. The quantitative estimate of drug-likeness (QED) is 0.700. The number of fused-ring (bicyclic) bond motifs is 1. The second kappa shape index (κ2) is 7.67. The maximum absolute atomic E-state index is 13.8. The van der Waals surface area contributed by atoms with Gasteiger partial charge in [0.2, 0.25) is 0 Å². The number of para-hydroxylation sites is 2. The number of nitrogens with one attached hydrogen (secondary N) is 1. The number of carbonyl (C=O) groups excluding carboxylic acids is 1. The molecule has 3 aromatic carbocycles. The molecular weight excluding hydrogens is 391 g/mol. The molecule has 29 heavy (non-hydrogen) atoms. The van der Waals surface area contributed by atoms with Gasteiger partial charge in [-0.2, -0.15) is 0 Å². The van der Waals surface area contributed by atoms with Gasteiger partial charge in [-0.1, -0.05) is 36.4 Å². The molecule has 1 amide bonds. The van der Waals surface area contributed by atoms with Gasteiger partial charge in [-0.3, -0.25) is 9.52 Å². The Morgan fingerprint density at radius 1 is 0.966 bits per heavy atom. The highest BCUT2D eigenvalue weighted by Crippen LogP contribution is 2.28. The van der Waals surface area contributed by atoms with Gasteiger partial charge < -0.3 is 4.90 Å². The van der Waals surface area contributed by atoms with Crippen LogP contribution in [0.2, 0.25) is 0 Å². The first-order valence-electron chi connectivity index (χ1n) is 9.23. The third kappa shape index (κ3) is 3.86. The fourth-order valence-electron chi connectivity index (χ4n) is 3.44. The second-order valence-electron chi connectivity index (χ2n) is 6.80. The fraction of sp³-hybridized carbons (Fsp3) is 0.136. The highest BCUT2D eigenvalue weighted by molar-refractivity contribution is 7.92. The molecule has 0 atom stereocenters. The van der Waals surface area contributed by atoms with Crippen molar-refractivity contribution in [2.45, 2.75) is 17.7 Å².